The highest BCUT2D eigenvalue weighted by molar-refractivity contribution is 7.91. The molecule has 0 aliphatic heterocycles. The van der Waals surface area contributed by atoms with Crippen LogP contribution in [0.3, 0.4) is 0 Å². The molecule has 0 fully saturated rings. The first-order valence-corrected chi connectivity index (χ1v) is 7.07. The van der Waals surface area contributed by atoms with Gasteiger partial charge in [-0.1, -0.05) is 13.0 Å². The van der Waals surface area contributed by atoms with Crippen LogP contribution in [0.4, 0.5) is 0 Å². The zero-order valence-electron chi connectivity index (χ0n) is 10.0. The number of sulfone groups is 1. The van der Waals surface area contributed by atoms with E-state index in [9.17, 15) is 8.42 Å². The summed E-state index contributed by atoms with van der Waals surface area (Å²) in [5, 5.41) is 0. The molecule has 0 spiro atoms. The van der Waals surface area contributed by atoms with Crippen LogP contribution in [0.25, 0.3) is 0 Å². The first-order chi connectivity index (χ1) is 7.36. The van der Waals surface area contributed by atoms with Crippen molar-refractivity contribution < 1.29 is 8.42 Å². The van der Waals surface area contributed by atoms with E-state index < -0.39 is 9.84 Å². The largest absolute Gasteiger partial charge is 0.327 e. The maximum Gasteiger partial charge on any atom is 0.179 e. The monoisotopic (exact) mass is 241 g/mol. The Morgan fingerprint density at radius 2 is 1.88 bits per heavy atom. The zero-order chi connectivity index (χ0) is 12.3. The van der Waals surface area contributed by atoms with E-state index in [0.29, 0.717) is 11.3 Å². The van der Waals surface area contributed by atoms with E-state index in [1.165, 1.54) is 0 Å². The van der Waals surface area contributed by atoms with Crippen molar-refractivity contribution in [2.45, 2.75) is 38.1 Å². The Hall–Kier alpha value is -0.870. The number of nitrogens with two attached hydrogens (primary N) is 1. The highest BCUT2D eigenvalue weighted by Gasteiger charge is 2.18. The molecule has 0 unspecified atom stereocenters. The van der Waals surface area contributed by atoms with Gasteiger partial charge in [0.1, 0.15) is 0 Å². The highest BCUT2D eigenvalue weighted by atomic mass is 32.2. The van der Waals surface area contributed by atoms with Crippen molar-refractivity contribution in [2.75, 3.05) is 5.75 Å². The van der Waals surface area contributed by atoms with Crippen LogP contribution in [0.1, 0.15) is 24.5 Å². The second-order valence-electron chi connectivity index (χ2n) is 4.20. The van der Waals surface area contributed by atoms with Crippen LogP contribution in [-0.4, -0.2) is 20.2 Å². The summed E-state index contributed by atoms with van der Waals surface area (Å²) in [7, 11) is -3.24. The van der Waals surface area contributed by atoms with Crippen molar-refractivity contribution in [1.29, 1.82) is 0 Å². The summed E-state index contributed by atoms with van der Waals surface area (Å²) in [6.07, 6.45) is 0.671. The topological polar surface area (TPSA) is 60.2 Å². The summed E-state index contributed by atoms with van der Waals surface area (Å²) in [5.74, 6) is 0.0198. The minimum Gasteiger partial charge on any atom is -0.327 e. The van der Waals surface area contributed by atoms with Crippen molar-refractivity contribution in [3.8, 4) is 0 Å². The maximum absolute atomic E-state index is 12.0. The van der Waals surface area contributed by atoms with E-state index in [2.05, 4.69) is 0 Å². The van der Waals surface area contributed by atoms with E-state index in [0.717, 1.165) is 11.1 Å². The van der Waals surface area contributed by atoms with Crippen LogP contribution in [0.5, 0.6) is 0 Å². The summed E-state index contributed by atoms with van der Waals surface area (Å²) < 4.78 is 24.0. The first kappa shape index (κ1) is 13.2. The average molecular weight is 241 g/mol. The third-order valence-electron chi connectivity index (χ3n) is 2.80. The van der Waals surface area contributed by atoms with Crippen LogP contribution in [0.2, 0.25) is 0 Å². The van der Waals surface area contributed by atoms with Gasteiger partial charge in [0, 0.05) is 6.04 Å². The predicted octanol–water partition coefficient (Wildman–Crippen LogP) is 1.81. The zero-order valence-corrected chi connectivity index (χ0v) is 10.8. The molecule has 0 bridgehead atoms. The van der Waals surface area contributed by atoms with Gasteiger partial charge in [0.2, 0.25) is 0 Å². The molecule has 0 aliphatic carbocycles. The van der Waals surface area contributed by atoms with Gasteiger partial charge in [0.05, 0.1) is 10.6 Å². The summed E-state index contributed by atoms with van der Waals surface area (Å²) in [4.78, 5) is 0.375. The van der Waals surface area contributed by atoms with Gasteiger partial charge in [-0.05, 0) is 43.5 Å². The molecular formula is C12H19NO2S. The van der Waals surface area contributed by atoms with Gasteiger partial charge < -0.3 is 5.73 Å². The fraction of sp³-hybridized carbons (Fsp3) is 0.500. The quantitative estimate of drug-likeness (QED) is 0.874. The lowest BCUT2D eigenvalue weighted by Crippen LogP contribution is -2.28. The van der Waals surface area contributed by atoms with Crippen LogP contribution in [-0.2, 0) is 9.84 Å². The average Bonchev–Trinajstić information content (AvgIpc) is 2.21. The van der Waals surface area contributed by atoms with Crippen molar-refractivity contribution in [1.82, 2.24) is 0 Å². The van der Waals surface area contributed by atoms with Gasteiger partial charge in [0.25, 0.3) is 0 Å². The van der Waals surface area contributed by atoms with Gasteiger partial charge in [-0.3, -0.25) is 0 Å². The van der Waals surface area contributed by atoms with Gasteiger partial charge >= 0.3 is 0 Å². The number of rotatable bonds is 4. The Morgan fingerprint density at radius 1 is 1.25 bits per heavy atom. The highest BCUT2D eigenvalue weighted by Crippen LogP contribution is 2.16. The van der Waals surface area contributed by atoms with Crippen LogP contribution in [0.15, 0.2) is 23.1 Å². The lowest BCUT2D eigenvalue weighted by atomic mass is 10.1. The van der Waals surface area contributed by atoms with Gasteiger partial charge in [-0.15, -0.1) is 0 Å². The molecule has 1 aromatic rings. The normalized spacial score (nSPS) is 13.8. The molecule has 0 saturated heterocycles. The van der Waals surface area contributed by atoms with E-state index >= 15 is 0 Å². The Balaban J connectivity index is 3.03. The number of benzene rings is 1. The molecule has 0 amide bonds. The molecule has 0 saturated carbocycles. The van der Waals surface area contributed by atoms with Crippen molar-refractivity contribution in [3.63, 3.8) is 0 Å². The molecule has 90 valence electrons. The molecule has 1 atom stereocenters. The molecule has 3 nitrogen and oxygen atoms in total. The van der Waals surface area contributed by atoms with Crippen molar-refractivity contribution in [2.24, 2.45) is 5.73 Å². The SMILES string of the molecule is CC[C@@H](N)CS(=O)(=O)c1ccc(C)c(C)c1. The first-order valence-electron chi connectivity index (χ1n) is 5.42. The number of aryl methyl sites for hydroxylation is 2. The number of hydrogen-bond donors (Lipinski definition) is 1. The van der Waals surface area contributed by atoms with Crippen LogP contribution < -0.4 is 5.73 Å². The second-order valence-corrected chi connectivity index (χ2v) is 6.23. The molecule has 0 radical (unpaired) electrons. The molecular weight excluding hydrogens is 222 g/mol. The maximum atomic E-state index is 12.0. The number of hydrogen-bond acceptors (Lipinski definition) is 3. The summed E-state index contributed by atoms with van der Waals surface area (Å²) in [6, 6.07) is 4.92. The lowest BCUT2D eigenvalue weighted by Gasteiger charge is -2.11. The second kappa shape index (κ2) is 4.97. The molecule has 16 heavy (non-hydrogen) atoms. The minimum atomic E-state index is -3.24. The molecule has 0 aliphatic rings. The molecule has 2 N–H and O–H groups in total. The third kappa shape index (κ3) is 3.06. The summed E-state index contributed by atoms with van der Waals surface area (Å²) in [6.45, 7) is 5.76. The minimum absolute atomic E-state index is 0.0198. The van der Waals surface area contributed by atoms with Crippen LogP contribution >= 0.6 is 0 Å². The summed E-state index contributed by atoms with van der Waals surface area (Å²) in [5.41, 5.74) is 7.77. The Bertz CT molecular complexity index is 466. The standard InChI is InChI=1S/C12H19NO2S/c1-4-11(13)8-16(14,15)12-6-5-9(2)10(3)7-12/h5-7,11H,4,8,13H2,1-3H3/t11-/m1/s1. The van der Waals surface area contributed by atoms with Crippen LogP contribution in [0, 0.1) is 13.8 Å². The summed E-state index contributed by atoms with van der Waals surface area (Å²) >= 11 is 0. The van der Waals surface area contributed by atoms with E-state index in [1.807, 2.05) is 26.8 Å². The predicted molar refractivity (Wildman–Crippen MR) is 66.2 cm³/mol. The van der Waals surface area contributed by atoms with Gasteiger partial charge in [-0.25, -0.2) is 8.42 Å². The molecule has 1 rings (SSSR count). The Kier molecular flexibility index (Phi) is 4.10. The fourth-order valence-electron chi connectivity index (χ4n) is 1.40. The fourth-order valence-corrected chi connectivity index (χ4v) is 3.03. The third-order valence-corrected chi connectivity index (χ3v) is 4.63. The van der Waals surface area contributed by atoms with Gasteiger partial charge in [-0.2, -0.15) is 0 Å². The van der Waals surface area contributed by atoms with Gasteiger partial charge in [0.15, 0.2) is 9.84 Å². The van der Waals surface area contributed by atoms with E-state index in [1.54, 1.807) is 12.1 Å². The Morgan fingerprint density at radius 3 is 2.38 bits per heavy atom. The lowest BCUT2D eigenvalue weighted by molar-refractivity contribution is 0.583. The molecule has 0 heterocycles. The Labute approximate surface area is 97.6 Å². The smallest absolute Gasteiger partial charge is 0.179 e. The van der Waals surface area contributed by atoms with Crippen molar-refractivity contribution in [3.05, 3.63) is 29.3 Å². The van der Waals surface area contributed by atoms with E-state index in [-0.39, 0.29) is 11.8 Å². The van der Waals surface area contributed by atoms with Crippen molar-refractivity contribution >= 4 is 9.84 Å². The molecule has 4 heteroatoms. The molecule has 1 aromatic carbocycles. The molecule has 0 aromatic heterocycles. The van der Waals surface area contributed by atoms with E-state index in [4.69, 9.17) is 5.73 Å².